The number of rotatable bonds is 5. The van der Waals surface area contributed by atoms with E-state index in [9.17, 15) is 9.59 Å². The Kier molecular flexibility index (Phi) is 5.40. The number of nitrogens with zero attached hydrogens (tertiary/aromatic N) is 3. The summed E-state index contributed by atoms with van der Waals surface area (Å²) in [6.07, 6.45) is 3.09. The summed E-state index contributed by atoms with van der Waals surface area (Å²) in [5.41, 5.74) is 1.51. The highest BCUT2D eigenvalue weighted by atomic mass is 16.1. The van der Waals surface area contributed by atoms with Crippen LogP contribution in [-0.4, -0.2) is 28.1 Å². The first-order valence-electron chi connectivity index (χ1n) is 9.60. The number of ketones is 2. The molecule has 3 heterocycles. The van der Waals surface area contributed by atoms with Gasteiger partial charge in [-0.15, -0.1) is 0 Å². The van der Waals surface area contributed by atoms with Gasteiger partial charge in [-0.3, -0.25) is 9.59 Å². The van der Waals surface area contributed by atoms with Crippen molar-refractivity contribution in [2.45, 2.75) is 52.5 Å². The SMILES string of the molecule is CC(=O)c1cccc(N2CCCCC2(c2cccc(C(C)=O)n2)C(C)C)n1. The van der Waals surface area contributed by atoms with Crippen LogP contribution in [0.3, 0.4) is 0 Å². The van der Waals surface area contributed by atoms with Gasteiger partial charge >= 0.3 is 0 Å². The summed E-state index contributed by atoms with van der Waals surface area (Å²) in [6, 6.07) is 11.3. The molecule has 0 spiro atoms. The molecular formula is C22H27N3O2. The smallest absolute Gasteiger partial charge is 0.178 e. The van der Waals surface area contributed by atoms with Crippen molar-refractivity contribution in [1.29, 1.82) is 0 Å². The number of pyridine rings is 2. The van der Waals surface area contributed by atoms with E-state index in [0.29, 0.717) is 11.4 Å². The summed E-state index contributed by atoms with van der Waals surface area (Å²) >= 11 is 0. The van der Waals surface area contributed by atoms with Crippen molar-refractivity contribution in [3.8, 4) is 0 Å². The molecule has 2 aromatic heterocycles. The molecule has 0 aliphatic carbocycles. The molecule has 27 heavy (non-hydrogen) atoms. The second kappa shape index (κ2) is 7.59. The summed E-state index contributed by atoms with van der Waals surface area (Å²) in [5, 5.41) is 0. The summed E-state index contributed by atoms with van der Waals surface area (Å²) in [5.74, 6) is 0.983. The molecule has 0 radical (unpaired) electrons. The van der Waals surface area contributed by atoms with E-state index in [1.165, 1.54) is 6.92 Å². The molecular weight excluding hydrogens is 338 g/mol. The number of Topliss-reactive ketones (excluding diaryl/α,β-unsaturated/α-hetero) is 2. The van der Waals surface area contributed by atoms with Crippen molar-refractivity contribution in [2.75, 3.05) is 11.4 Å². The Bertz CT molecular complexity index is 862. The number of carbonyl (C=O) groups excluding carboxylic acids is 2. The molecule has 5 heteroatoms. The third-order valence-corrected chi connectivity index (χ3v) is 5.55. The van der Waals surface area contributed by atoms with Gasteiger partial charge in [0.15, 0.2) is 11.6 Å². The van der Waals surface area contributed by atoms with E-state index in [0.717, 1.165) is 37.3 Å². The van der Waals surface area contributed by atoms with Gasteiger partial charge in [0.1, 0.15) is 17.2 Å². The second-order valence-corrected chi connectivity index (χ2v) is 7.59. The summed E-state index contributed by atoms with van der Waals surface area (Å²) < 4.78 is 0. The molecule has 1 saturated heterocycles. The van der Waals surface area contributed by atoms with Crippen molar-refractivity contribution >= 4 is 17.4 Å². The Morgan fingerprint density at radius 2 is 1.59 bits per heavy atom. The van der Waals surface area contributed by atoms with E-state index in [4.69, 9.17) is 4.98 Å². The Morgan fingerprint density at radius 3 is 2.22 bits per heavy atom. The third kappa shape index (κ3) is 3.51. The number of anilines is 1. The van der Waals surface area contributed by atoms with Crippen LogP contribution in [0.4, 0.5) is 5.82 Å². The number of carbonyl (C=O) groups is 2. The van der Waals surface area contributed by atoms with Crippen molar-refractivity contribution in [2.24, 2.45) is 5.92 Å². The van der Waals surface area contributed by atoms with Crippen LogP contribution in [0.2, 0.25) is 0 Å². The largest absolute Gasteiger partial charge is 0.345 e. The van der Waals surface area contributed by atoms with E-state index in [1.54, 1.807) is 19.1 Å². The molecule has 0 amide bonds. The quantitative estimate of drug-likeness (QED) is 0.734. The maximum atomic E-state index is 11.9. The van der Waals surface area contributed by atoms with E-state index < -0.39 is 0 Å². The molecule has 1 aliphatic heterocycles. The summed E-state index contributed by atoms with van der Waals surface area (Å²) in [7, 11) is 0. The van der Waals surface area contributed by atoms with Crippen LogP contribution in [-0.2, 0) is 5.54 Å². The van der Waals surface area contributed by atoms with Crippen molar-refractivity contribution in [1.82, 2.24) is 9.97 Å². The molecule has 2 aromatic rings. The molecule has 0 N–H and O–H groups in total. The standard InChI is InChI=1S/C22H27N3O2/c1-15(2)22(20-11-7-9-18(23-20)16(3)26)13-5-6-14-25(22)21-12-8-10-19(24-21)17(4)27/h7-12,15H,5-6,13-14H2,1-4H3. The fourth-order valence-electron chi connectivity index (χ4n) is 4.12. The Balaban J connectivity index is 2.16. The zero-order valence-corrected chi connectivity index (χ0v) is 16.5. The molecule has 1 unspecified atom stereocenters. The van der Waals surface area contributed by atoms with Crippen LogP contribution in [0.15, 0.2) is 36.4 Å². The zero-order valence-electron chi connectivity index (χ0n) is 16.5. The molecule has 0 bridgehead atoms. The predicted molar refractivity (Wildman–Crippen MR) is 106 cm³/mol. The first-order valence-corrected chi connectivity index (χ1v) is 9.60. The van der Waals surface area contributed by atoms with Crippen LogP contribution in [0.25, 0.3) is 0 Å². The average molecular weight is 365 g/mol. The lowest BCUT2D eigenvalue weighted by atomic mass is 9.74. The van der Waals surface area contributed by atoms with Gasteiger partial charge < -0.3 is 4.90 Å². The Labute approximate surface area is 160 Å². The van der Waals surface area contributed by atoms with Gasteiger partial charge in [-0.1, -0.05) is 26.0 Å². The number of hydrogen-bond acceptors (Lipinski definition) is 5. The first kappa shape index (κ1) is 19.2. The second-order valence-electron chi connectivity index (χ2n) is 7.59. The molecule has 0 saturated carbocycles. The highest BCUT2D eigenvalue weighted by Crippen LogP contribution is 2.44. The number of hydrogen-bond donors (Lipinski definition) is 0. The van der Waals surface area contributed by atoms with Crippen LogP contribution in [0.1, 0.15) is 73.6 Å². The van der Waals surface area contributed by atoms with Gasteiger partial charge in [-0.25, -0.2) is 9.97 Å². The van der Waals surface area contributed by atoms with Crippen molar-refractivity contribution < 1.29 is 9.59 Å². The van der Waals surface area contributed by atoms with Crippen LogP contribution < -0.4 is 4.90 Å². The van der Waals surface area contributed by atoms with Gasteiger partial charge in [-0.2, -0.15) is 0 Å². The minimum Gasteiger partial charge on any atom is -0.345 e. The number of aromatic nitrogens is 2. The lowest BCUT2D eigenvalue weighted by Crippen LogP contribution is -2.54. The highest BCUT2D eigenvalue weighted by Gasteiger charge is 2.45. The van der Waals surface area contributed by atoms with Crippen LogP contribution in [0.5, 0.6) is 0 Å². The van der Waals surface area contributed by atoms with Gasteiger partial charge in [0.2, 0.25) is 0 Å². The van der Waals surface area contributed by atoms with Gasteiger partial charge in [0.05, 0.1) is 11.2 Å². The van der Waals surface area contributed by atoms with Crippen LogP contribution in [0, 0.1) is 5.92 Å². The topological polar surface area (TPSA) is 63.2 Å². The molecule has 3 rings (SSSR count). The first-order chi connectivity index (χ1) is 12.9. The minimum atomic E-state index is -0.355. The molecule has 1 atom stereocenters. The van der Waals surface area contributed by atoms with E-state index in [1.807, 2.05) is 24.3 Å². The fraction of sp³-hybridized carbons (Fsp3) is 0.455. The fourth-order valence-corrected chi connectivity index (χ4v) is 4.12. The highest BCUT2D eigenvalue weighted by molar-refractivity contribution is 5.92. The Hall–Kier alpha value is -2.56. The van der Waals surface area contributed by atoms with Gasteiger partial charge in [-0.05, 0) is 49.4 Å². The molecule has 1 aliphatic rings. The maximum Gasteiger partial charge on any atom is 0.178 e. The van der Waals surface area contributed by atoms with Crippen LogP contribution >= 0.6 is 0 Å². The average Bonchev–Trinajstić information content (AvgIpc) is 2.67. The van der Waals surface area contributed by atoms with E-state index >= 15 is 0 Å². The molecule has 0 aromatic carbocycles. The summed E-state index contributed by atoms with van der Waals surface area (Å²) in [6.45, 7) is 8.31. The lowest BCUT2D eigenvalue weighted by molar-refractivity contribution is 0.0999. The lowest BCUT2D eigenvalue weighted by Gasteiger charge is -2.50. The molecule has 142 valence electrons. The zero-order chi connectivity index (χ0) is 19.6. The van der Waals surface area contributed by atoms with Crippen molar-refractivity contribution in [3.05, 3.63) is 53.5 Å². The predicted octanol–water partition coefficient (Wildman–Crippen LogP) is 4.42. The monoisotopic (exact) mass is 365 g/mol. The minimum absolute atomic E-state index is 0.0326. The summed E-state index contributed by atoms with van der Waals surface area (Å²) in [4.78, 5) is 35.4. The van der Waals surface area contributed by atoms with E-state index in [-0.39, 0.29) is 23.0 Å². The maximum absolute atomic E-state index is 11.9. The van der Waals surface area contributed by atoms with E-state index in [2.05, 4.69) is 23.7 Å². The molecule has 5 nitrogen and oxygen atoms in total. The van der Waals surface area contributed by atoms with Gasteiger partial charge in [0.25, 0.3) is 0 Å². The van der Waals surface area contributed by atoms with Crippen molar-refractivity contribution in [3.63, 3.8) is 0 Å². The Morgan fingerprint density at radius 1 is 0.963 bits per heavy atom. The normalized spacial score (nSPS) is 20.0. The molecule has 1 fully saturated rings. The number of piperidine rings is 1. The van der Waals surface area contributed by atoms with Gasteiger partial charge in [0, 0.05) is 20.4 Å². The third-order valence-electron chi connectivity index (χ3n) is 5.55.